The second kappa shape index (κ2) is 6.24. The van der Waals surface area contributed by atoms with Gasteiger partial charge in [-0.15, -0.1) is 0 Å². The third-order valence-corrected chi connectivity index (χ3v) is 3.43. The number of benzene rings is 2. The van der Waals surface area contributed by atoms with E-state index in [0.29, 0.717) is 0 Å². The number of aryl methyl sites for hydroxylation is 1. The van der Waals surface area contributed by atoms with Gasteiger partial charge in [-0.05, 0) is 41.8 Å². The Morgan fingerprint density at radius 3 is 2.33 bits per heavy atom. The molecule has 0 atom stereocenters. The maximum absolute atomic E-state index is 6.09. The van der Waals surface area contributed by atoms with E-state index in [1.54, 1.807) is 0 Å². The summed E-state index contributed by atoms with van der Waals surface area (Å²) in [4.78, 5) is 0. The fourth-order valence-corrected chi connectivity index (χ4v) is 2.16. The van der Waals surface area contributed by atoms with E-state index in [4.69, 9.17) is 23.2 Å². The maximum atomic E-state index is 6.09. The van der Waals surface area contributed by atoms with E-state index >= 15 is 0 Å². The summed E-state index contributed by atoms with van der Waals surface area (Å²) in [6.45, 7) is 3.60. The lowest BCUT2D eigenvalue weighted by atomic mass is 10.1. The van der Waals surface area contributed by atoms with Crippen molar-refractivity contribution in [1.82, 2.24) is 5.32 Å². The van der Waals surface area contributed by atoms with Gasteiger partial charge in [0, 0.05) is 23.1 Å². The van der Waals surface area contributed by atoms with E-state index in [1.165, 1.54) is 11.1 Å². The predicted octanol–water partition coefficient (Wildman–Crippen LogP) is 4.59. The van der Waals surface area contributed by atoms with Crippen LogP contribution in [0.15, 0.2) is 42.5 Å². The molecule has 0 saturated heterocycles. The number of nitrogens with one attached hydrogen (secondary N) is 1. The summed E-state index contributed by atoms with van der Waals surface area (Å²) in [5, 5.41) is 4.96. The summed E-state index contributed by atoms with van der Waals surface area (Å²) >= 11 is 12.0. The van der Waals surface area contributed by atoms with Crippen molar-refractivity contribution in [3.63, 3.8) is 0 Å². The molecule has 0 radical (unpaired) electrons. The molecule has 0 unspecified atom stereocenters. The smallest absolute Gasteiger partial charge is 0.0438 e. The first kappa shape index (κ1) is 13.4. The van der Waals surface area contributed by atoms with Gasteiger partial charge in [-0.2, -0.15) is 0 Å². The first-order valence-electron chi connectivity index (χ1n) is 5.85. The minimum atomic E-state index is 0.771. The Morgan fingerprint density at radius 2 is 1.67 bits per heavy atom. The molecule has 2 rings (SSSR count). The molecule has 0 saturated carbocycles. The fraction of sp³-hybridized carbons (Fsp3) is 0.200. The third kappa shape index (κ3) is 3.74. The number of hydrogen-bond acceptors (Lipinski definition) is 1. The first-order chi connectivity index (χ1) is 8.65. The van der Waals surface area contributed by atoms with Gasteiger partial charge in [0.15, 0.2) is 0 Å². The van der Waals surface area contributed by atoms with Gasteiger partial charge in [-0.1, -0.05) is 47.5 Å². The number of halogens is 2. The van der Waals surface area contributed by atoms with Gasteiger partial charge in [0.2, 0.25) is 0 Å². The summed E-state index contributed by atoms with van der Waals surface area (Å²) in [5.74, 6) is 0. The standard InChI is InChI=1S/C15H15Cl2N/c1-11-5-6-13(8-15(11)17)10-18-9-12-3-2-4-14(16)7-12/h2-8,18H,9-10H2,1H3. The Kier molecular flexibility index (Phi) is 4.65. The van der Waals surface area contributed by atoms with Crippen molar-refractivity contribution in [3.05, 3.63) is 69.2 Å². The van der Waals surface area contributed by atoms with Crippen molar-refractivity contribution in [2.24, 2.45) is 0 Å². The molecular weight excluding hydrogens is 265 g/mol. The molecule has 18 heavy (non-hydrogen) atoms. The van der Waals surface area contributed by atoms with Crippen molar-refractivity contribution < 1.29 is 0 Å². The van der Waals surface area contributed by atoms with E-state index < -0.39 is 0 Å². The predicted molar refractivity (Wildman–Crippen MR) is 78.2 cm³/mol. The molecule has 2 aromatic carbocycles. The number of hydrogen-bond donors (Lipinski definition) is 1. The molecule has 1 N–H and O–H groups in total. The van der Waals surface area contributed by atoms with E-state index in [9.17, 15) is 0 Å². The van der Waals surface area contributed by atoms with Crippen molar-refractivity contribution in [1.29, 1.82) is 0 Å². The molecule has 0 fully saturated rings. The lowest BCUT2D eigenvalue weighted by Gasteiger charge is -2.07. The Bertz CT molecular complexity index is 538. The Hall–Kier alpha value is -1.02. The van der Waals surface area contributed by atoms with Crippen LogP contribution in [-0.2, 0) is 13.1 Å². The van der Waals surface area contributed by atoms with Gasteiger partial charge in [0.25, 0.3) is 0 Å². The lowest BCUT2D eigenvalue weighted by Crippen LogP contribution is -2.12. The summed E-state index contributed by atoms with van der Waals surface area (Å²) in [6, 6.07) is 14.0. The van der Waals surface area contributed by atoms with Crippen LogP contribution in [0.2, 0.25) is 10.0 Å². The highest BCUT2D eigenvalue weighted by atomic mass is 35.5. The highest BCUT2D eigenvalue weighted by molar-refractivity contribution is 6.31. The van der Waals surface area contributed by atoms with E-state index in [1.807, 2.05) is 37.3 Å². The summed E-state index contributed by atoms with van der Waals surface area (Å²) in [6.07, 6.45) is 0. The zero-order valence-corrected chi connectivity index (χ0v) is 11.7. The van der Waals surface area contributed by atoms with E-state index in [-0.39, 0.29) is 0 Å². The quantitative estimate of drug-likeness (QED) is 0.863. The first-order valence-corrected chi connectivity index (χ1v) is 6.61. The van der Waals surface area contributed by atoms with Gasteiger partial charge in [-0.3, -0.25) is 0 Å². The van der Waals surface area contributed by atoms with Crippen LogP contribution in [0.5, 0.6) is 0 Å². The van der Waals surface area contributed by atoms with Crippen LogP contribution >= 0.6 is 23.2 Å². The third-order valence-electron chi connectivity index (χ3n) is 2.78. The summed E-state index contributed by atoms with van der Waals surface area (Å²) in [5.41, 5.74) is 3.48. The SMILES string of the molecule is Cc1ccc(CNCc2cccc(Cl)c2)cc1Cl. The number of rotatable bonds is 4. The lowest BCUT2D eigenvalue weighted by molar-refractivity contribution is 0.693. The fourth-order valence-electron chi connectivity index (χ4n) is 1.74. The molecular formula is C15H15Cl2N. The minimum absolute atomic E-state index is 0.771. The van der Waals surface area contributed by atoms with Crippen molar-refractivity contribution in [2.75, 3.05) is 0 Å². The molecule has 0 spiro atoms. The van der Waals surface area contributed by atoms with Gasteiger partial charge < -0.3 is 5.32 Å². The zero-order valence-electron chi connectivity index (χ0n) is 10.2. The second-order valence-corrected chi connectivity index (χ2v) is 5.16. The average Bonchev–Trinajstić information content (AvgIpc) is 2.34. The molecule has 94 valence electrons. The summed E-state index contributed by atoms with van der Waals surface area (Å²) < 4.78 is 0. The maximum Gasteiger partial charge on any atom is 0.0438 e. The molecule has 0 aliphatic rings. The molecule has 0 aromatic heterocycles. The van der Waals surface area contributed by atoms with Crippen LogP contribution in [0, 0.1) is 6.92 Å². The van der Waals surface area contributed by atoms with Gasteiger partial charge in [-0.25, -0.2) is 0 Å². The molecule has 3 heteroatoms. The molecule has 2 aromatic rings. The van der Waals surface area contributed by atoms with Crippen LogP contribution < -0.4 is 5.32 Å². The van der Waals surface area contributed by atoms with Crippen LogP contribution in [-0.4, -0.2) is 0 Å². The van der Waals surface area contributed by atoms with Gasteiger partial charge in [0.1, 0.15) is 0 Å². The van der Waals surface area contributed by atoms with Gasteiger partial charge in [0.05, 0.1) is 0 Å². The highest BCUT2D eigenvalue weighted by Gasteiger charge is 1.98. The van der Waals surface area contributed by atoms with Crippen LogP contribution in [0.25, 0.3) is 0 Å². The minimum Gasteiger partial charge on any atom is -0.309 e. The van der Waals surface area contributed by atoms with Crippen LogP contribution in [0.3, 0.4) is 0 Å². The molecule has 0 aliphatic carbocycles. The molecule has 0 bridgehead atoms. The highest BCUT2D eigenvalue weighted by Crippen LogP contribution is 2.16. The van der Waals surface area contributed by atoms with E-state index in [0.717, 1.165) is 28.7 Å². The van der Waals surface area contributed by atoms with Crippen molar-refractivity contribution in [2.45, 2.75) is 20.0 Å². The topological polar surface area (TPSA) is 12.0 Å². The molecule has 0 amide bonds. The van der Waals surface area contributed by atoms with Crippen LogP contribution in [0.4, 0.5) is 0 Å². The van der Waals surface area contributed by atoms with Crippen LogP contribution in [0.1, 0.15) is 16.7 Å². The molecule has 1 nitrogen and oxygen atoms in total. The molecule has 0 heterocycles. The zero-order chi connectivity index (χ0) is 13.0. The Morgan fingerprint density at radius 1 is 0.944 bits per heavy atom. The van der Waals surface area contributed by atoms with Crippen molar-refractivity contribution >= 4 is 23.2 Å². The Labute approximate surface area is 118 Å². The monoisotopic (exact) mass is 279 g/mol. The summed E-state index contributed by atoms with van der Waals surface area (Å²) in [7, 11) is 0. The van der Waals surface area contributed by atoms with Gasteiger partial charge >= 0.3 is 0 Å². The van der Waals surface area contributed by atoms with Crippen molar-refractivity contribution in [3.8, 4) is 0 Å². The average molecular weight is 280 g/mol. The second-order valence-electron chi connectivity index (χ2n) is 4.32. The normalized spacial score (nSPS) is 10.6. The largest absolute Gasteiger partial charge is 0.309 e. The van der Waals surface area contributed by atoms with E-state index in [2.05, 4.69) is 17.4 Å². The Balaban J connectivity index is 1.90. The molecule has 0 aliphatic heterocycles.